The van der Waals surface area contributed by atoms with E-state index in [1.807, 2.05) is 6.07 Å². The van der Waals surface area contributed by atoms with Crippen molar-refractivity contribution in [1.82, 2.24) is 5.32 Å². The molecule has 4 nitrogen and oxygen atoms in total. The average Bonchev–Trinajstić information content (AvgIpc) is 2.90. The van der Waals surface area contributed by atoms with Gasteiger partial charge in [0.25, 0.3) is 0 Å². The third kappa shape index (κ3) is 2.81. The minimum atomic E-state index is -1.01. The maximum Gasteiger partial charge on any atom is 0.136 e. The quantitative estimate of drug-likeness (QED) is 0.851. The molecule has 3 atom stereocenters. The van der Waals surface area contributed by atoms with Crippen LogP contribution >= 0.6 is 0 Å². The first-order valence-electron chi connectivity index (χ1n) is 7.12. The van der Waals surface area contributed by atoms with E-state index in [9.17, 15) is 5.11 Å². The van der Waals surface area contributed by atoms with Crippen LogP contribution in [0.3, 0.4) is 0 Å². The lowest BCUT2D eigenvalue weighted by Crippen LogP contribution is -2.34. The number of furan rings is 2. The molecular weight excluding hydrogens is 254 g/mol. The van der Waals surface area contributed by atoms with Gasteiger partial charge in [0.2, 0.25) is 0 Å². The van der Waals surface area contributed by atoms with E-state index in [-0.39, 0.29) is 0 Å². The van der Waals surface area contributed by atoms with Crippen LogP contribution in [0.1, 0.15) is 43.5 Å². The zero-order valence-electron chi connectivity index (χ0n) is 11.9. The van der Waals surface area contributed by atoms with E-state index in [2.05, 4.69) is 18.3 Å². The Kier molecular flexibility index (Phi) is 3.44. The Hall–Kier alpha value is -1.52. The lowest BCUT2D eigenvalue weighted by atomic mass is 10.0. The van der Waals surface area contributed by atoms with E-state index in [1.54, 1.807) is 25.3 Å². The summed E-state index contributed by atoms with van der Waals surface area (Å²) in [6, 6.07) is 7.63. The molecule has 0 aliphatic heterocycles. The molecule has 4 heteroatoms. The first-order valence-corrected chi connectivity index (χ1v) is 7.12. The van der Waals surface area contributed by atoms with Gasteiger partial charge in [-0.15, -0.1) is 0 Å². The van der Waals surface area contributed by atoms with E-state index < -0.39 is 5.60 Å². The van der Waals surface area contributed by atoms with Crippen molar-refractivity contribution in [2.24, 2.45) is 5.92 Å². The van der Waals surface area contributed by atoms with Crippen LogP contribution < -0.4 is 5.32 Å². The summed E-state index contributed by atoms with van der Waals surface area (Å²) >= 11 is 0. The van der Waals surface area contributed by atoms with Crippen molar-refractivity contribution < 1.29 is 13.9 Å². The molecule has 0 bridgehead atoms. The monoisotopic (exact) mass is 275 g/mol. The van der Waals surface area contributed by atoms with Crippen LogP contribution in [0.5, 0.6) is 0 Å². The second-order valence-corrected chi connectivity index (χ2v) is 5.98. The fraction of sp³-hybridized carbons (Fsp3) is 0.500. The fourth-order valence-corrected chi connectivity index (χ4v) is 2.51. The summed E-state index contributed by atoms with van der Waals surface area (Å²) in [7, 11) is 0. The fourth-order valence-electron chi connectivity index (χ4n) is 2.51. The van der Waals surface area contributed by atoms with Crippen molar-refractivity contribution in [1.29, 1.82) is 0 Å². The first-order chi connectivity index (χ1) is 9.56. The Balaban J connectivity index is 1.51. The molecule has 1 aliphatic rings. The smallest absolute Gasteiger partial charge is 0.136 e. The van der Waals surface area contributed by atoms with Gasteiger partial charge < -0.3 is 19.3 Å². The van der Waals surface area contributed by atoms with Gasteiger partial charge in [-0.1, -0.05) is 6.92 Å². The lowest BCUT2D eigenvalue weighted by Gasteiger charge is -2.20. The Morgan fingerprint density at radius 1 is 1.40 bits per heavy atom. The van der Waals surface area contributed by atoms with Crippen molar-refractivity contribution in [3.63, 3.8) is 0 Å². The van der Waals surface area contributed by atoms with Gasteiger partial charge in [-0.25, -0.2) is 0 Å². The zero-order valence-corrected chi connectivity index (χ0v) is 11.9. The van der Waals surface area contributed by atoms with Crippen molar-refractivity contribution in [2.75, 3.05) is 6.54 Å². The predicted molar refractivity (Wildman–Crippen MR) is 75.2 cm³/mol. The number of nitrogens with one attached hydrogen (secondary N) is 1. The maximum atomic E-state index is 10.3. The summed E-state index contributed by atoms with van der Waals surface area (Å²) in [6.07, 6.45) is 2.80. The highest BCUT2D eigenvalue weighted by Gasteiger charge is 2.36. The summed E-state index contributed by atoms with van der Waals surface area (Å²) in [5.74, 6) is 3.93. The first kappa shape index (κ1) is 13.5. The number of hydrogen-bond acceptors (Lipinski definition) is 4. The minimum Gasteiger partial charge on any atom is -0.466 e. The Morgan fingerprint density at radius 3 is 2.85 bits per heavy atom. The maximum absolute atomic E-state index is 10.3. The molecule has 2 N–H and O–H groups in total. The van der Waals surface area contributed by atoms with Gasteiger partial charge in [-0.3, -0.25) is 0 Å². The highest BCUT2D eigenvalue weighted by Crippen LogP contribution is 2.47. The Labute approximate surface area is 118 Å². The molecule has 2 aromatic rings. The molecule has 2 heterocycles. The molecule has 108 valence electrons. The summed E-state index contributed by atoms with van der Waals surface area (Å²) in [4.78, 5) is 0. The van der Waals surface area contributed by atoms with Crippen LogP contribution in [0.25, 0.3) is 0 Å². The number of aliphatic hydroxyl groups is 1. The standard InChI is InChI=1S/C16H21NO3/c1-11-8-13(11)14-6-5-12(20-14)9-17-10-16(2,18)15-4-3-7-19-15/h3-7,11,13,17-18H,8-10H2,1-2H3. The van der Waals surface area contributed by atoms with Crippen molar-refractivity contribution in [2.45, 2.75) is 38.3 Å². The van der Waals surface area contributed by atoms with Crippen LogP contribution in [-0.2, 0) is 12.1 Å². The Morgan fingerprint density at radius 2 is 2.20 bits per heavy atom. The van der Waals surface area contributed by atoms with Gasteiger partial charge in [0, 0.05) is 12.5 Å². The molecule has 0 spiro atoms. The molecule has 1 aliphatic carbocycles. The highest BCUT2D eigenvalue weighted by molar-refractivity contribution is 5.17. The van der Waals surface area contributed by atoms with Crippen molar-refractivity contribution in [3.8, 4) is 0 Å². The van der Waals surface area contributed by atoms with E-state index in [1.165, 1.54) is 6.42 Å². The number of hydrogen-bond donors (Lipinski definition) is 2. The van der Waals surface area contributed by atoms with Crippen LogP contribution in [0, 0.1) is 5.92 Å². The van der Waals surface area contributed by atoms with E-state index in [0.717, 1.165) is 17.4 Å². The third-order valence-corrected chi connectivity index (χ3v) is 3.98. The normalized spacial score (nSPS) is 24.6. The molecule has 1 saturated carbocycles. The largest absolute Gasteiger partial charge is 0.466 e. The SMILES string of the molecule is CC1CC1c1ccc(CNCC(C)(O)c2ccco2)o1. The molecular formula is C16H21NO3. The average molecular weight is 275 g/mol. The molecule has 3 unspecified atom stereocenters. The van der Waals surface area contributed by atoms with Gasteiger partial charge in [0.05, 0.1) is 12.8 Å². The second kappa shape index (κ2) is 5.11. The van der Waals surface area contributed by atoms with E-state index in [0.29, 0.717) is 24.8 Å². The molecule has 1 fully saturated rings. The van der Waals surface area contributed by atoms with Crippen molar-refractivity contribution in [3.05, 3.63) is 47.8 Å². The summed E-state index contributed by atoms with van der Waals surface area (Å²) in [5.41, 5.74) is -1.01. The molecule has 20 heavy (non-hydrogen) atoms. The van der Waals surface area contributed by atoms with E-state index in [4.69, 9.17) is 8.83 Å². The molecule has 3 rings (SSSR count). The van der Waals surface area contributed by atoms with Gasteiger partial charge in [-0.2, -0.15) is 0 Å². The van der Waals surface area contributed by atoms with Gasteiger partial charge in [-0.05, 0) is 43.5 Å². The molecule has 0 radical (unpaired) electrons. The van der Waals surface area contributed by atoms with Crippen LogP contribution in [-0.4, -0.2) is 11.7 Å². The van der Waals surface area contributed by atoms with Gasteiger partial charge >= 0.3 is 0 Å². The summed E-state index contributed by atoms with van der Waals surface area (Å²) in [6.45, 7) is 5.00. The van der Waals surface area contributed by atoms with Crippen molar-refractivity contribution >= 4 is 0 Å². The molecule has 0 saturated heterocycles. The van der Waals surface area contributed by atoms with Crippen LogP contribution in [0.4, 0.5) is 0 Å². The Bertz CT molecular complexity index is 556. The van der Waals surface area contributed by atoms with Gasteiger partial charge in [0.15, 0.2) is 0 Å². The van der Waals surface area contributed by atoms with Crippen LogP contribution in [0.15, 0.2) is 39.4 Å². The highest BCUT2D eigenvalue weighted by atomic mass is 16.4. The minimum absolute atomic E-state index is 0.413. The topological polar surface area (TPSA) is 58.5 Å². The third-order valence-electron chi connectivity index (χ3n) is 3.98. The second-order valence-electron chi connectivity index (χ2n) is 5.98. The number of rotatable bonds is 6. The zero-order chi connectivity index (χ0) is 14.2. The van der Waals surface area contributed by atoms with Gasteiger partial charge in [0.1, 0.15) is 22.9 Å². The van der Waals surface area contributed by atoms with Crippen LogP contribution in [0.2, 0.25) is 0 Å². The van der Waals surface area contributed by atoms with E-state index >= 15 is 0 Å². The lowest BCUT2D eigenvalue weighted by molar-refractivity contribution is 0.0336. The summed E-state index contributed by atoms with van der Waals surface area (Å²) < 4.78 is 11.1. The molecule has 2 aromatic heterocycles. The predicted octanol–water partition coefficient (Wildman–Crippen LogP) is 2.99. The molecule has 0 amide bonds. The summed E-state index contributed by atoms with van der Waals surface area (Å²) in [5, 5.41) is 13.5. The molecule has 0 aromatic carbocycles.